The third-order valence-corrected chi connectivity index (χ3v) is 3.63. The van der Waals surface area contributed by atoms with Gasteiger partial charge in [-0.1, -0.05) is 12.8 Å². The Morgan fingerprint density at radius 1 is 1.47 bits per heavy atom. The Morgan fingerprint density at radius 3 is 2.71 bits per heavy atom. The van der Waals surface area contributed by atoms with Crippen molar-refractivity contribution in [3.63, 3.8) is 0 Å². The first-order valence-corrected chi connectivity index (χ1v) is 6.71. The number of aliphatic hydroxyl groups is 1. The Hall–Kier alpha value is -0.610. The van der Waals surface area contributed by atoms with Gasteiger partial charge in [0.05, 0.1) is 12.1 Å². The number of carbonyl (C=O) groups is 1. The van der Waals surface area contributed by atoms with Gasteiger partial charge < -0.3 is 15.7 Å². The Kier molecular flexibility index (Phi) is 5.92. The van der Waals surface area contributed by atoms with Crippen LogP contribution in [0.15, 0.2) is 0 Å². The first-order valence-electron chi connectivity index (χ1n) is 6.71. The average Bonchev–Trinajstić information content (AvgIpc) is 2.28. The Bertz CT molecular complexity index is 244. The number of likely N-dealkylation sites (N-methyl/N-ethyl adjacent to an activating group) is 1. The second kappa shape index (κ2) is 6.97. The summed E-state index contributed by atoms with van der Waals surface area (Å²) in [5, 5.41) is 9.89. The number of rotatable bonds is 5. The number of hydrogen-bond acceptors (Lipinski definition) is 3. The Labute approximate surface area is 104 Å². The minimum Gasteiger partial charge on any atom is -0.391 e. The lowest BCUT2D eigenvalue weighted by molar-refractivity contribution is -0.135. The number of nitrogens with two attached hydrogens (primary N) is 1. The number of nitrogens with zero attached hydrogens (tertiary/aromatic N) is 1. The van der Waals surface area contributed by atoms with Gasteiger partial charge in [0, 0.05) is 19.5 Å². The lowest BCUT2D eigenvalue weighted by atomic mass is 9.91. The molecule has 3 unspecified atom stereocenters. The van der Waals surface area contributed by atoms with E-state index in [2.05, 4.69) is 0 Å². The molecule has 0 aromatic rings. The lowest BCUT2D eigenvalue weighted by Crippen LogP contribution is -2.46. The molecule has 3 atom stereocenters. The molecule has 0 aromatic carbocycles. The smallest absolute Gasteiger partial charge is 0.222 e. The summed E-state index contributed by atoms with van der Waals surface area (Å²) in [7, 11) is 1.81. The van der Waals surface area contributed by atoms with Crippen LogP contribution in [0.2, 0.25) is 0 Å². The van der Waals surface area contributed by atoms with Crippen LogP contribution in [-0.4, -0.2) is 41.1 Å². The lowest BCUT2D eigenvalue weighted by Gasteiger charge is -2.35. The molecular formula is C13H26N2O2. The molecule has 4 nitrogen and oxygen atoms in total. The van der Waals surface area contributed by atoms with Gasteiger partial charge in [0.1, 0.15) is 0 Å². The molecule has 17 heavy (non-hydrogen) atoms. The molecule has 1 aliphatic rings. The summed E-state index contributed by atoms with van der Waals surface area (Å²) in [6.07, 6.45) is 5.85. The third kappa shape index (κ3) is 4.64. The van der Waals surface area contributed by atoms with Gasteiger partial charge in [0.2, 0.25) is 5.91 Å². The fourth-order valence-corrected chi connectivity index (χ4v) is 2.48. The van der Waals surface area contributed by atoms with Crippen LogP contribution in [0.5, 0.6) is 0 Å². The predicted octanol–water partition coefficient (Wildman–Crippen LogP) is 1.27. The van der Waals surface area contributed by atoms with E-state index in [1.54, 1.807) is 4.90 Å². The van der Waals surface area contributed by atoms with Crippen molar-refractivity contribution >= 4 is 5.91 Å². The summed E-state index contributed by atoms with van der Waals surface area (Å²) in [6.45, 7) is 1.96. The monoisotopic (exact) mass is 242 g/mol. The summed E-state index contributed by atoms with van der Waals surface area (Å²) in [4.78, 5) is 13.7. The largest absolute Gasteiger partial charge is 0.391 e. The molecule has 1 rings (SSSR count). The summed E-state index contributed by atoms with van der Waals surface area (Å²) >= 11 is 0. The molecule has 0 aliphatic heterocycles. The van der Waals surface area contributed by atoms with Crippen LogP contribution in [0, 0.1) is 0 Å². The minimum absolute atomic E-state index is 0.0200. The van der Waals surface area contributed by atoms with Crippen LogP contribution in [0.1, 0.15) is 51.9 Å². The van der Waals surface area contributed by atoms with E-state index in [9.17, 15) is 9.90 Å². The second-order valence-electron chi connectivity index (χ2n) is 5.29. The molecule has 0 radical (unpaired) electrons. The van der Waals surface area contributed by atoms with E-state index < -0.39 is 0 Å². The SMILES string of the molecule is CC(N)CCCC(=O)N(C)C1CCCCC1O. The highest BCUT2D eigenvalue weighted by atomic mass is 16.3. The number of amides is 1. The average molecular weight is 242 g/mol. The summed E-state index contributed by atoms with van der Waals surface area (Å²) in [6, 6.07) is 0.180. The van der Waals surface area contributed by atoms with E-state index in [0.29, 0.717) is 6.42 Å². The number of aliphatic hydroxyl groups excluding tert-OH is 1. The van der Waals surface area contributed by atoms with E-state index in [4.69, 9.17) is 5.73 Å². The molecule has 0 saturated heterocycles. The molecule has 0 spiro atoms. The standard InChI is InChI=1S/C13H26N2O2/c1-10(14)6-5-9-13(17)15(2)11-7-3-4-8-12(11)16/h10-12,16H,3-9,14H2,1-2H3. The van der Waals surface area contributed by atoms with E-state index >= 15 is 0 Å². The minimum atomic E-state index is -0.342. The van der Waals surface area contributed by atoms with Gasteiger partial charge >= 0.3 is 0 Å². The Morgan fingerprint density at radius 2 is 2.12 bits per heavy atom. The fraction of sp³-hybridized carbons (Fsp3) is 0.923. The zero-order valence-electron chi connectivity index (χ0n) is 11.1. The molecule has 1 amide bonds. The van der Waals surface area contributed by atoms with Crippen molar-refractivity contribution in [1.29, 1.82) is 0 Å². The zero-order valence-corrected chi connectivity index (χ0v) is 11.1. The van der Waals surface area contributed by atoms with Crippen molar-refractivity contribution < 1.29 is 9.90 Å². The maximum Gasteiger partial charge on any atom is 0.222 e. The van der Waals surface area contributed by atoms with E-state index in [0.717, 1.165) is 38.5 Å². The first kappa shape index (κ1) is 14.5. The van der Waals surface area contributed by atoms with E-state index in [-0.39, 0.29) is 24.1 Å². The van der Waals surface area contributed by atoms with Gasteiger partial charge in [0.15, 0.2) is 0 Å². The molecule has 100 valence electrons. The topological polar surface area (TPSA) is 66.6 Å². The highest BCUT2D eigenvalue weighted by Gasteiger charge is 2.28. The highest BCUT2D eigenvalue weighted by molar-refractivity contribution is 5.76. The van der Waals surface area contributed by atoms with E-state index in [1.165, 1.54) is 0 Å². The van der Waals surface area contributed by atoms with Crippen molar-refractivity contribution in [3.8, 4) is 0 Å². The Balaban J connectivity index is 2.34. The van der Waals surface area contributed by atoms with E-state index in [1.807, 2.05) is 14.0 Å². The molecular weight excluding hydrogens is 216 g/mol. The summed E-state index contributed by atoms with van der Waals surface area (Å²) in [5.41, 5.74) is 5.65. The second-order valence-corrected chi connectivity index (χ2v) is 5.29. The molecule has 4 heteroatoms. The fourth-order valence-electron chi connectivity index (χ4n) is 2.48. The van der Waals surface area contributed by atoms with Crippen LogP contribution < -0.4 is 5.73 Å². The molecule has 0 bridgehead atoms. The molecule has 1 saturated carbocycles. The third-order valence-electron chi connectivity index (χ3n) is 3.63. The summed E-state index contributed by atoms with van der Waals surface area (Å²) in [5.74, 6) is 0.136. The molecule has 1 fully saturated rings. The highest BCUT2D eigenvalue weighted by Crippen LogP contribution is 2.23. The van der Waals surface area contributed by atoms with Gasteiger partial charge in [-0.3, -0.25) is 4.79 Å². The normalized spacial score (nSPS) is 26.6. The van der Waals surface area contributed by atoms with Crippen LogP contribution in [0.25, 0.3) is 0 Å². The van der Waals surface area contributed by atoms with Gasteiger partial charge in [-0.2, -0.15) is 0 Å². The zero-order chi connectivity index (χ0) is 12.8. The van der Waals surface area contributed by atoms with Crippen LogP contribution in [0.3, 0.4) is 0 Å². The van der Waals surface area contributed by atoms with Gasteiger partial charge in [-0.05, 0) is 32.6 Å². The quantitative estimate of drug-likeness (QED) is 0.763. The van der Waals surface area contributed by atoms with Crippen molar-refractivity contribution in [2.45, 2.75) is 70.1 Å². The van der Waals surface area contributed by atoms with Gasteiger partial charge in [0.25, 0.3) is 0 Å². The number of hydrogen-bond donors (Lipinski definition) is 2. The number of carbonyl (C=O) groups excluding carboxylic acids is 1. The van der Waals surface area contributed by atoms with Crippen molar-refractivity contribution in [1.82, 2.24) is 4.90 Å². The molecule has 3 N–H and O–H groups in total. The first-order chi connectivity index (χ1) is 8.02. The van der Waals surface area contributed by atoms with Crippen LogP contribution in [-0.2, 0) is 4.79 Å². The molecule has 0 heterocycles. The van der Waals surface area contributed by atoms with Crippen LogP contribution >= 0.6 is 0 Å². The summed E-state index contributed by atoms with van der Waals surface area (Å²) < 4.78 is 0. The molecule has 0 aromatic heterocycles. The van der Waals surface area contributed by atoms with Crippen molar-refractivity contribution in [2.75, 3.05) is 7.05 Å². The predicted molar refractivity (Wildman–Crippen MR) is 68.5 cm³/mol. The van der Waals surface area contributed by atoms with Gasteiger partial charge in [-0.25, -0.2) is 0 Å². The maximum absolute atomic E-state index is 11.9. The maximum atomic E-state index is 11.9. The molecule has 1 aliphatic carbocycles. The van der Waals surface area contributed by atoms with Gasteiger partial charge in [-0.15, -0.1) is 0 Å². The van der Waals surface area contributed by atoms with Crippen molar-refractivity contribution in [2.24, 2.45) is 5.73 Å². The van der Waals surface area contributed by atoms with Crippen molar-refractivity contribution in [3.05, 3.63) is 0 Å². The van der Waals surface area contributed by atoms with Crippen LogP contribution in [0.4, 0.5) is 0 Å².